The molecule has 0 spiro atoms. The Morgan fingerprint density at radius 3 is 2.47 bits per heavy atom. The van der Waals surface area contributed by atoms with Gasteiger partial charge < -0.3 is 4.90 Å². The van der Waals surface area contributed by atoms with Gasteiger partial charge >= 0.3 is 0 Å². The van der Waals surface area contributed by atoms with E-state index in [1.165, 1.54) is 6.07 Å². The van der Waals surface area contributed by atoms with Crippen LogP contribution in [-0.4, -0.2) is 11.9 Å². The minimum Gasteiger partial charge on any atom is -0.376 e. The maximum absolute atomic E-state index is 13.0. The molecule has 1 aromatic carbocycles. The van der Waals surface area contributed by atoms with Crippen LogP contribution >= 0.6 is 0 Å². The van der Waals surface area contributed by atoms with E-state index in [1.54, 1.807) is 18.2 Å². The number of nitrogens with zero attached hydrogens (tertiary/aromatic N) is 1. The summed E-state index contributed by atoms with van der Waals surface area (Å²) >= 11 is 0. The van der Waals surface area contributed by atoms with Crippen molar-refractivity contribution in [1.29, 1.82) is 0 Å². The number of rotatable bonds is 6. The highest BCUT2D eigenvalue weighted by molar-refractivity contribution is 5.31. The van der Waals surface area contributed by atoms with Crippen LogP contribution in [0.15, 0.2) is 67.4 Å². The zero-order valence-corrected chi connectivity index (χ0v) is 10.9. The van der Waals surface area contributed by atoms with Crippen molar-refractivity contribution in [3.63, 3.8) is 0 Å². The monoisotopic (exact) mass is 261 g/mol. The first-order valence-electron chi connectivity index (χ1n) is 5.84. The molecule has 0 heterocycles. The van der Waals surface area contributed by atoms with Gasteiger partial charge in [0.1, 0.15) is 0 Å². The zero-order valence-electron chi connectivity index (χ0n) is 10.9. The second-order valence-corrected chi connectivity index (χ2v) is 4.08. The van der Waals surface area contributed by atoms with Gasteiger partial charge in [-0.1, -0.05) is 37.5 Å². The van der Waals surface area contributed by atoms with E-state index in [-0.39, 0.29) is 0 Å². The largest absolute Gasteiger partial charge is 0.376 e. The molecule has 0 fully saturated rings. The fourth-order valence-electron chi connectivity index (χ4n) is 1.50. The minimum atomic E-state index is -0.827. The Bertz CT molecular complexity index is 505. The third kappa shape index (κ3) is 4.92. The molecule has 19 heavy (non-hydrogen) atoms. The van der Waals surface area contributed by atoms with Gasteiger partial charge in [0.25, 0.3) is 0 Å². The molecule has 0 N–H and O–H groups in total. The molecule has 0 saturated heterocycles. The van der Waals surface area contributed by atoms with Crippen molar-refractivity contribution >= 4 is 0 Å². The Morgan fingerprint density at radius 2 is 1.89 bits per heavy atom. The van der Waals surface area contributed by atoms with Crippen molar-refractivity contribution in [2.45, 2.75) is 6.54 Å². The van der Waals surface area contributed by atoms with Crippen LogP contribution in [0.5, 0.6) is 0 Å². The fraction of sp³-hybridized carbons (Fsp3) is 0.125. The standard InChI is InChI=1S/C16H17F2N/c1-4-13(5-2)7-6-10-19(3)12-14-8-9-15(17)16(18)11-14/h4-11H,1-2,12H2,3H3/b10-6-. The average molecular weight is 261 g/mol. The van der Waals surface area contributed by atoms with Crippen LogP contribution in [0.3, 0.4) is 0 Å². The summed E-state index contributed by atoms with van der Waals surface area (Å²) in [5.74, 6) is -1.65. The van der Waals surface area contributed by atoms with Crippen LogP contribution < -0.4 is 0 Å². The number of benzene rings is 1. The highest BCUT2D eigenvalue weighted by Gasteiger charge is 2.03. The minimum absolute atomic E-state index is 0.499. The molecule has 1 aromatic rings. The molecule has 1 rings (SSSR count). The van der Waals surface area contributed by atoms with Gasteiger partial charge in [-0.25, -0.2) is 8.78 Å². The molecule has 0 bridgehead atoms. The van der Waals surface area contributed by atoms with Crippen molar-refractivity contribution in [1.82, 2.24) is 4.90 Å². The molecular formula is C16H17F2N. The topological polar surface area (TPSA) is 3.24 Å². The van der Waals surface area contributed by atoms with Crippen LogP contribution in [0.2, 0.25) is 0 Å². The van der Waals surface area contributed by atoms with Gasteiger partial charge in [-0.2, -0.15) is 0 Å². The third-order valence-electron chi connectivity index (χ3n) is 2.52. The lowest BCUT2D eigenvalue weighted by Gasteiger charge is -2.13. The first kappa shape index (κ1) is 14.9. The fourth-order valence-corrected chi connectivity index (χ4v) is 1.50. The third-order valence-corrected chi connectivity index (χ3v) is 2.52. The average Bonchev–Trinajstić information content (AvgIpc) is 2.39. The molecular weight excluding hydrogens is 244 g/mol. The molecule has 0 radical (unpaired) electrons. The molecule has 0 saturated carbocycles. The Hall–Kier alpha value is -2.16. The van der Waals surface area contributed by atoms with E-state index in [0.717, 1.165) is 11.6 Å². The van der Waals surface area contributed by atoms with Crippen LogP contribution in [0.4, 0.5) is 8.78 Å². The van der Waals surface area contributed by atoms with Crippen molar-refractivity contribution in [2.24, 2.45) is 0 Å². The van der Waals surface area contributed by atoms with E-state index in [4.69, 9.17) is 0 Å². The summed E-state index contributed by atoms with van der Waals surface area (Å²) in [6.45, 7) is 7.80. The summed E-state index contributed by atoms with van der Waals surface area (Å²) in [6.07, 6.45) is 8.95. The summed E-state index contributed by atoms with van der Waals surface area (Å²) in [6, 6.07) is 3.90. The lowest BCUT2D eigenvalue weighted by molar-refractivity contribution is 0.445. The van der Waals surface area contributed by atoms with E-state index >= 15 is 0 Å². The number of halogens is 2. The van der Waals surface area contributed by atoms with Crippen LogP contribution in [0.25, 0.3) is 0 Å². The summed E-state index contributed by atoms with van der Waals surface area (Å²) in [7, 11) is 1.85. The second kappa shape index (κ2) is 7.31. The summed E-state index contributed by atoms with van der Waals surface area (Å²) in [4.78, 5) is 1.87. The quantitative estimate of drug-likeness (QED) is 0.693. The molecule has 0 aliphatic rings. The molecule has 0 atom stereocenters. The van der Waals surface area contributed by atoms with E-state index in [9.17, 15) is 8.78 Å². The molecule has 3 heteroatoms. The van der Waals surface area contributed by atoms with E-state index in [1.807, 2.05) is 30.3 Å². The van der Waals surface area contributed by atoms with E-state index in [2.05, 4.69) is 13.2 Å². The maximum atomic E-state index is 13.0. The Morgan fingerprint density at radius 1 is 1.21 bits per heavy atom. The van der Waals surface area contributed by atoms with Gasteiger partial charge in [0.05, 0.1) is 0 Å². The highest BCUT2D eigenvalue weighted by Crippen LogP contribution is 2.10. The van der Waals surface area contributed by atoms with Crippen LogP contribution in [0.1, 0.15) is 5.56 Å². The number of hydrogen-bond acceptors (Lipinski definition) is 1. The first-order valence-corrected chi connectivity index (χ1v) is 5.84. The predicted octanol–water partition coefficient (Wildman–Crippen LogP) is 4.21. The second-order valence-electron chi connectivity index (χ2n) is 4.08. The molecule has 100 valence electrons. The van der Waals surface area contributed by atoms with Gasteiger partial charge in [-0.3, -0.25) is 0 Å². The van der Waals surface area contributed by atoms with Crippen molar-refractivity contribution < 1.29 is 8.78 Å². The molecule has 0 amide bonds. The van der Waals surface area contributed by atoms with Gasteiger partial charge in [0.2, 0.25) is 0 Å². The zero-order chi connectivity index (χ0) is 14.3. The van der Waals surface area contributed by atoms with Crippen molar-refractivity contribution in [3.8, 4) is 0 Å². The van der Waals surface area contributed by atoms with Crippen LogP contribution in [-0.2, 0) is 6.54 Å². The number of hydrogen-bond donors (Lipinski definition) is 0. The van der Waals surface area contributed by atoms with E-state index in [0.29, 0.717) is 12.1 Å². The van der Waals surface area contributed by atoms with Gasteiger partial charge in [-0.05, 0) is 35.5 Å². The summed E-state index contributed by atoms with van der Waals surface area (Å²) in [5.41, 5.74) is 1.63. The molecule has 0 aliphatic heterocycles. The van der Waals surface area contributed by atoms with Gasteiger partial charge in [0.15, 0.2) is 11.6 Å². The Balaban J connectivity index is 2.64. The maximum Gasteiger partial charge on any atom is 0.159 e. The molecule has 0 unspecified atom stereocenters. The van der Waals surface area contributed by atoms with E-state index < -0.39 is 11.6 Å². The lowest BCUT2D eigenvalue weighted by Crippen LogP contribution is -2.10. The summed E-state index contributed by atoms with van der Waals surface area (Å²) in [5, 5.41) is 0. The lowest BCUT2D eigenvalue weighted by atomic mass is 10.2. The number of allylic oxidation sites excluding steroid dienone is 5. The normalized spacial score (nSPS) is 10.3. The SMILES string of the molecule is C=CC(C=C)=C/C=C\N(C)Cc1ccc(F)c(F)c1. The molecule has 0 aliphatic carbocycles. The molecule has 1 nitrogen and oxygen atoms in total. The highest BCUT2D eigenvalue weighted by atomic mass is 19.2. The predicted molar refractivity (Wildman–Crippen MR) is 75.4 cm³/mol. The van der Waals surface area contributed by atoms with Gasteiger partial charge in [-0.15, -0.1) is 0 Å². The van der Waals surface area contributed by atoms with Crippen molar-refractivity contribution in [2.75, 3.05) is 7.05 Å². The summed E-state index contributed by atoms with van der Waals surface area (Å²) < 4.78 is 25.8. The smallest absolute Gasteiger partial charge is 0.159 e. The van der Waals surface area contributed by atoms with Crippen LogP contribution in [0, 0.1) is 11.6 Å². The Kier molecular flexibility index (Phi) is 5.73. The van der Waals surface area contributed by atoms with Crippen molar-refractivity contribution in [3.05, 3.63) is 84.6 Å². The molecule has 0 aromatic heterocycles. The Labute approximate surface area is 112 Å². The first-order chi connectivity index (χ1) is 9.06. The van der Waals surface area contributed by atoms with Gasteiger partial charge in [0, 0.05) is 13.6 Å².